The smallest absolute Gasteiger partial charge is 0.254 e. The van der Waals surface area contributed by atoms with Crippen LogP contribution in [0.15, 0.2) is 53.6 Å². The van der Waals surface area contributed by atoms with E-state index in [9.17, 15) is 9.18 Å². The molecule has 142 valence electrons. The van der Waals surface area contributed by atoms with Gasteiger partial charge in [-0.15, -0.1) is 0 Å². The summed E-state index contributed by atoms with van der Waals surface area (Å²) in [7, 11) is 0. The Morgan fingerprint density at radius 3 is 2.70 bits per heavy atom. The highest BCUT2D eigenvalue weighted by Crippen LogP contribution is 2.17. The number of halogens is 1. The molecular weight excluding hydrogens is 349 g/mol. The Balaban J connectivity index is 1.52. The van der Waals surface area contributed by atoms with Crippen LogP contribution in [0.5, 0.6) is 5.75 Å². The molecule has 0 radical (unpaired) electrons. The maximum Gasteiger partial charge on any atom is 0.254 e. The lowest BCUT2D eigenvalue weighted by Gasteiger charge is -2.25. The molecule has 1 aliphatic heterocycles. The van der Waals surface area contributed by atoms with E-state index in [0.717, 1.165) is 24.2 Å². The second kappa shape index (κ2) is 9.80. The van der Waals surface area contributed by atoms with Gasteiger partial charge in [-0.25, -0.2) is 9.82 Å². The average molecular weight is 371 g/mol. The Kier molecular flexibility index (Phi) is 6.90. The molecule has 0 aromatic heterocycles. The number of rotatable bonds is 7. The van der Waals surface area contributed by atoms with Crippen LogP contribution in [0.1, 0.15) is 11.1 Å². The van der Waals surface area contributed by atoms with Crippen molar-refractivity contribution < 1.29 is 18.7 Å². The number of nitrogens with zero attached hydrogens (tertiary/aromatic N) is 2. The van der Waals surface area contributed by atoms with E-state index < -0.39 is 0 Å². The average Bonchev–Trinajstić information content (AvgIpc) is 2.69. The zero-order valence-corrected chi connectivity index (χ0v) is 14.9. The number of benzene rings is 2. The minimum Gasteiger partial charge on any atom is -0.488 e. The van der Waals surface area contributed by atoms with Crippen molar-refractivity contribution in [2.45, 2.75) is 6.61 Å². The van der Waals surface area contributed by atoms with E-state index in [1.807, 2.05) is 29.2 Å². The van der Waals surface area contributed by atoms with Crippen molar-refractivity contribution in [1.29, 1.82) is 0 Å². The molecule has 6 nitrogen and oxygen atoms in total. The van der Waals surface area contributed by atoms with Crippen molar-refractivity contribution in [3.63, 3.8) is 0 Å². The molecule has 1 heterocycles. The van der Waals surface area contributed by atoms with E-state index in [1.54, 1.807) is 18.3 Å². The number of morpholine rings is 1. The molecule has 0 spiro atoms. The molecule has 1 saturated heterocycles. The molecule has 0 aliphatic carbocycles. The maximum atomic E-state index is 13.0. The van der Waals surface area contributed by atoms with Crippen LogP contribution in [-0.2, 0) is 16.1 Å². The molecule has 2 aromatic carbocycles. The fourth-order valence-electron chi connectivity index (χ4n) is 2.63. The van der Waals surface area contributed by atoms with Crippen molar-refractivity contribution >= 4 is 12.1 Å². The van der Waals surface area contributed by atoms with Crippen molar-refractivity contribution in [2.24, 2.45) is 5.10 Å². The van der Waals surface area contributed by atoms with Crippen LogP contribution < -0.4 is 10.2 Å². The van der Waals surface area contributed by atoms with E-state index in [-0.39, 0.29) is 11.7 Å². The number of amides is 1. The molecular formula is C20H22FN3O3. The van der Waals surface area contributed by atoms with Gasteiger partial charge in [-0.1, -0.05) is 24.3 Å². The first-order valence-electron chi connectivity index (χ1n) is 8.79. The Bertz CT molecular complexity index is 774. The van der Waals surface area contributed by atoms with Gasteiger partial charge in [0.15, 0.2) is 0 Å². The maximum absolute atomic E-state index is 13.0. The SMILES string of the molecule is O=C(CN1CCOCC1)NN=Cc1ccccc1OCc1ccc(F)cc1. The number of hydrogen-bond donors (Lipinski definition) is 1. The lowest BCUT2D eigenvalue weighted by atomic mass is 10.2. The van der Waals surface area contributed by atoms with E-state index >= 15 is 0 Å². The van der Waals surface area contributed by atoms with Crippen molar-refractivity contribution in [3.05, 3.63) is 65.5 Å². The minimum absolute atomic E-state index is 0.169. The fourth-order valence-corrected chi connectivity index (χ4v) is 2.63. The molecule has 1 N–H and O–H groups in total. The molecule has 1 amide bonds. The number of carbonyl (C=O) groups excluding carboxylic acids is 1. The van der Waals surface area contributed by atoms with Gasteiger partial charge in [0.05, 0.1) is 26.0 Å². The van der Waals surface area contributed by atoms with Gasteiger partial charge in [0, 0.05) is 18.7 Å². The third-order valence-electron chi connectivity index (χ3n) is 4.09. The molecule has 1 fully saturated rings. The van der Waals surface area contributed by atoms with E-state index in [1.165, 1.54) is 12.1 Å². The number of hydrazone groups is 1. The molecule has 0 bridgehead atoms. The highest BCUT2D eigenvalue weighted by molar-refractivity contribution is 5.85. The third-order valence-corrected chi connectivity index (χ3v) is 4.09. The number of para-hydroxylation sites is 1. The van der Waals surface area contributed by atoms with Crippen LogP contribution in [0.3, 0.4) is 0 Å². The molecule has 0 unspecified atom stereocenters. The highest BCUT2D eigenvalue weighted by Gasteiger charge is 2.13. The fraction of sp³-hybridized carbons (Fsp3) is 0.300. The Morgan fingerprint density at radius 1 is 1.19 bits per heavy atom. The molecule has 7 heteroatoms. The van der Waals surface area contributed by atoms with Gasteiger partial charge in [-0.2, -0.15) is 5.10 Å². The van der Waals surface area contributed by atoms with Gasteiger partial charge in [0.1, 0.15) is 18.2 Å². The Morgan fingerprint density at radius 2 is 1.93 bits per heavy atom. The van der Waals surface area contributed by atoms with Crippen molar-refractivity contribution in [2.75, 3.05) is 32.8 Å². The lowest BCUT2D eigenvalue weighted by Crippen LogP contribution is -2.42. The van der Waals surface area contributed by atoms with Gasteiger partial charge in [-0.3, -0.25) is 9.69 Å². The largest absolute Gasteiger partial charge is 0.488 e. The minimum atomic E-state index is -0.279. The first kappa shape index (κ1) is 19.0. The second-order valence-corrected chi connectivity index (χ2v) is 6.13. The summed E-state index contributed by atoms with van der Waals surface area (Å²) < 4.78 is 24.0. The van der Waals surface area contributed by atoms with Crippen LogP contribution in [0.2, 0.25) is 0 Å². The summed E-state index contributed by atoms with van der Waals surface area (Å²) in [6.45, 7) is 3.40. The number of ether oxygens (including phenoxy) is 2. The van der Waals surface area contributed by atoms with Crippen LogP contribution in [0.4, 0.5) is 4.39 Å². The molecule has 27 heavy (non-hydrogen) atoms. The normalized spacial score (nSPS) is 15.0. The molecule has 0 atom stereocenters. The summed E-state index contributed by atoms with van der Waals surface area (Å²) in [5, 5.41) is 4.02. The van der Waals surface area contributed by atoms with Crippen LogP contribution in [0, 0.1) is 5.82 Å². The van der Waals surface area contributed by atoms with Gasteiger partial charge in [0.2, 0.25) is 0 Å². The standard InChI is InChI=1S/C20H22FN3O3/c21-18-7-5-16(6-8-18)15-27-19-4-2-1-3-17(19)13-22-23-20(25)14-24-9-11-26-12-10-24/h1-8,13H,9-12,14-15H2,(H,23,25). The molecule has 2 aromatic rings. The highest BCUT2D eigenvalue weighted by atomic mass is 19.1. The van der Waals surface area contributed by atoms with Crippen molar-refractivity contribution in [1.82, 2.24) is 10.3 Å². The Hall–Kier alpha value is -2.77. The number of hydrogen-bond acceptors (Lipinski definition) is 5. The first-order chi connectivity index (χ1) is 13.2. The van der Waals surface area contributed by atoms with Crippen LogP contribution in [-0.4, -0.2) is 49.9 Å². The van der Waals surface area contributed by atoms with Gasteiger partial charge >= 0.3 is 0 Å². The van der Waals surface area contributed by atoms with Gasteiger partial charge in [-0.05, 0) is 29.8 Å². The van der Waals surface area contributed by atoms with E-state index in [4.69, 9.17) is 9.47 Å². The summed E-state index contributed by atoms with van der Waals surface area (Å²) >= 11 is 0. The first-order valence-corrected chi connectivity index (χ1v) is 8.79. The lowest BCUT2D eigenvalue weighted by molar-refractivity contribution is -0.123. The van der Waals surface area contributed by atoms with Crippen molar-refractivity contribution in [3.8, 4) is 5.75 Å². The topological polar surface area (TPSA) is 63.2 Å². The van der Waals surface area contributed by atoms with Gasteiger partial charge < -0.3 is 9.47 Å². The van der Waals surface area contributed by atoms with E-state index in [0.29, 0.717) is 32.1 Å². The molecule has 0 saturated carbocycles. The molecule has 3 rings (SSSR count). The summed E-state index contributed by atoms with van der Waals surface area (Å²) in [4.78, 5) is 14.0. The second-order valence-electron chi connectivity index (χ2n) is 6.13. The monoisotopic (exact) mass is 371 g/mol. The summed E-state index contributed by atoms with van der Waals surface area (Å²) in [6.07, 6.45) is 1.55. The predicted molar refractivity (Wildman–Crippen MR) is 100 cm³/mol. The number of nitrogens with one attached hydrogen (secondary N) is 1. The van der Waals surface area contributed by atoms with Crippen LogP contribution in [0.25, 0.3) is 0 Å². The predicted octanol–water partition coefficient (Wildman–Crippen LogP) is 2.19. The number of carbonyl (C=O) groups is 1. The molecule has 1 aliphatic rings. The Labute approximate surface area is 157 Å². The van der Waals surface area contributed by atoms with E-state index in [2.05, 4.69) is 10.5 Å². The zero-order valence-electron chi connectivity index (χ0n) is 14.9. The summed E-state index contributed by atoms with van der Waals surface area (Å²) in [5.74, 6) is 0.185. The van der Waals surface area contributed by atoms with Crippen LogP contribution >= 0.6 is 0 Å². The quantitative estimate of drug-likeness (QED) is 0.599. The third kappa shape index (κ3) is 6.16. The summed E-state index contributed by atoms with van der Waals surface area (Å²) in [5.41, 5.74) is 4.14. The summed E-state index contributed by atoms with van der Waals surface area (Å²) in [6, 6.07) is 13.5. The zero-order chi connectivity index (χ0) is 18.9. The van der Waals surface area contributed by atoms with Gasteiger partial charge in [0.25, 0.3) is 5.91 Å².